The first-order valence-electron chi connectivity index (χ1n) is 6.67. The number of ketones is 1. The fourth-order valence-electron chi connectivity index (χ4n) is 2.73. The zero-order chi connectivity index (χ0) is 13.1. The predicted molar refractivity (Wildman–Crippen MR) is 71.7 cm³/mol. The van der Waals surface area contributed by atoms with Crippen LogP contribution >= 0.6 is 0 Å². The molecule has 18 heavy (non-hydrogen) atoms. The second-order valence-electron chi connectivity index (χ2n) is 5.08. The molecule has 1 heterocycles. The van der Waals surface area contributed by atoms with Gasteiger partial charge in [0.25, 0.3) is 0 Å². The molecule has 0 aliphatic carbocycles. The van der Waals surface area contributed by atoms with E-state index < -0.39 is 5.82 Å². The van der Waals surface area contributed by atoms with Gasteiger partial charge in [0.05, 0.1) is 11.3 Å². The van der Waals surface area contributed by atoms with Crippen molar-refractivity contribution in [2.24, 2.45) is 0 Å². The molecule has 3 heteroatoms. The number of hydrogen-bond donors (Lipinski definition) is 0. The van der Waals surface area contributed by atoms with Crippen LogP contribution in [0.15, 0.2) is 18.2 Å². The highest BCUT2D eigenvalue weighted by molar-refractivity contribution is 6.00. The van der Waals surface area contributed by atoms with Crippen LogP contribution < -0.4 is 4.90 Å². The first kappa shape index (κ1) is 13.1. The summed E-state index contributed by atoms with van der Waals surface area (Å²) in [6.45, 7) is 4.50. The lowest BCUT2D eigenvalue weighted by Crippen LogP contribution is -2.33. The molecule has 0 radical (unpaired) electrons. The first-order valence-corrected chi connectivity index (χ1v) is 6.67. The molecule has 0 bridgehead atoms. The number of carbonyl (C=O) groups excluding carboxylic acids is 1. The summed E-state index contributed by atoms with van der Waals surface area (Å²) in [5.41, 5.74) is 1.00. The molecule has 2 rings (SSSR count). The van der Waals surface area contributed by atoms with Crippen LogP contribution in [-0.4, -0.2) is 18.4 Å². The molecule has 1 aliphatic heterocycles. The Morgan fingerprint density at radius 3 is 2.83 bits per heavy atom. The van der Waals surface area contributed by atoms with Crippen molar-refractivity contribution >= 4 is 11.5 Å². The number of halogens is 1. The molecule has 1 fully saturated rings. The van der Waals surface area contributed by atoms with E-state index in [-0.39, 0.29) is 11.3 Å². The summed E-state index contributed by atoms with van der Waals surface area (Å²) in [6, 6.07) is 5.28. The maximum Gasteiger partial charge on any atom is 0.164 e. The average molecular weight is 249 g/mol. The van der Waals surface area contributed by atoms with E-state index in [4.69, 9.17) is 0 Å². The third-order valence-electron chi connectivity index (χ3n) is 3.71. The van der Waals surface area contributed by atoms with Gasteiger partial charge in [0.15, 0.2) is 5.78 Å². The minimum atomic E-state index is -0.406. The number of rotatable bonds is 2. The van der Waals surface area contributed by atoms with Crippen LogP contribution in [0.3, 0.4) is 0 Å². The summed E-state index contributed by atoms with van der Waals surface area (Å²) in [7, 11) is 0. The lowest BCUT2D eigenvalue weighted by Gasteiger charge is -2.31. The standard InChI is InChI=1S/C15H20FNO/c1-11-7-4-3-5-10-17(11)14-9-6-8-13(16)15(14)12(2)18/h6,8-9,11H,3-5,7,10H2,1-2H3. The second kappa shape index (κ2) is 5.51. The molecule has 0 saturated carbocycles. The highest BCUT2D eigenvalue weighted by Crippen LogP contribution is 2.29. The van der Waals surface area contributed by atoms with Gasteiger partial charge in [0.1, 0.15) is 5.82 Å². The van der Waals surface area contributed by atoms with Gasteiger partial charge in [-0.3, -0.25) is 4.79 Å². The smallest absolute Gasteiger partial charge is 0.164 e. The average Bonchev–Trinajstić information content (AvgIpc) is 2.53. The lowest BCUT2D eigenvalue weighted by atomic mass is 10.1. The van der Waals surface area contributed by atoms with Crippen LogP contribution in [0.4, 0.5) is 10.1 Å². The molecule has 1 aromatic carbocycles. The van der Waals surface area contributed by atoms with Gasteiger partial charge in [-0.2, -0.15) is 0 Å². The van der Waals surface area contributed by atoms with Crippen LogP contribution in [0, 0.1) is 5.82 Å². The van der Waals surface area contributed by atoms with Gasteiger partial charge in [0, 0.05) is 12.6 Å². The van der Waals surface area contributed by atoms with Crippen molar-refractivity contribution in [2.45, 2.75) is 45.6 Å². The Balaban J connectivity index is 2.42. The van der Waals surface area contributed by atoms with E-state index in [0.717, 1.165) is 25.1 Å². The molecule has 0 amide bonds. The molecule has 0 aromatic heterocycles. The monoisotopic (exact) mass is 249 g/mol. The minimum Gasteiger partial charge on any atom is -0.368 e. The van der Waals surface area contributed by atoms with Crippen molar-refractivity contribution in [3.8, 4) is 0 Å². The fraction of sp³-hybridized carbons (Fsp3) is 0.533. The summed E-state index contributed by atoms with van der Waals surface area (Å²) in [5, 5.41) is 0. The third-order valence-corrected chi connectivity index (χ3v) is 3.71. The summed E-state index contributed by atoms with van der Waals surface area (Å²) in [5.74, 6) is -0.601. The van der Waals surface area contributed by atoms with Gasteiger partial charge in [-0.25, -0.2) is 4.39 Å². The Morgan fingerprint density at radius 1 is 1.33 bits per heavy atom. The highest BCUT2D eigenvalue weighted by atomic mass is 19.1. The molecule has 0 spiro atoms. The Hall–Kier alpha value is -1.38. The van der Waals surface area contributed by atoms with Gasteiger partial charge in [0.2, 0.25) is 0 Å². The van der Waals surface area contributed by atoms with E-state index in [9.17, 15) is 9.18 Å². The summed E-state index contributed by atoms with van der Waals surface area (Å²) >= 11 is 0. The zero-order valence-electron chi connectivity index (χ0n) is 11.1. The van der Waals surface area contributed by atoms with Crippen LogP contribution in [0.2, 0.25) is 0 Å². The quantitative estimate of drug-likeness (QED) is 0.743. The van der Waals surface area contributed by atoms with Crippen molar-refractivity contribution in [3.63, 3.8) is 0 Å². The van der Waals surface area contributed by atoms with Gasteiger partial charge in [-0.15, -0.1) is 0 Å². The number of carbonyl (C=O) groups is 1. The number of hydrogen-bond acceptors (Lipinski definition) is 2. The molecule has 2 nitrogen and oxygen atoms in total. The molecule has 1 aliphatic rings. The predicted octanol–water partition coefficient (Wildman–Crippen LogP) is 3.80. The van der Waals surface area contributed by atoms with Gasteiger partial charge in [-0.05, 0) is 38.8 Å². The summed E-state index contributed by atoms with van der Waals surface area (Å²) < 4.78 is 13.8. The molecular weight excluding hydrogens is 229 g/mol. The fourth-order valence-corrected chi connectivity index (χ4v) is 2.73. The molecule has 1 unspecified atom stereocenters. The van der Waals surface area contributed by atoms with Crippen LogP contribution in [-0.2, 0) is 0 Å². The third kappa shape index (κ3) is 2.55. The number of nitrogens with zero attached hydrogens (tertiary/aromatic N) is 1. The Labute approximate surface area is 108 Å². The largest absolute Gasteiger partial charge is 0.368 e. The zero-order valence-corrected chi connectivity index (χ0v) is 11.1. The van der Waals surface area contributed by atoms with Crippen molar-refractivity contribution in [1.29, 1.82) is 0 Å². The van der Waals surface area contributed by atoms with Gasteiger partial charge >= 0.3 is 0 Å². The van der Waals surface area contributed by atoms with Crippen molar-refractivity contribution in [2.75, 3.05) is 11.4 Å². The van der Waals surface area contributed by atoms with Gasteiger partial charge in [-0.1, -0.05) is 18.9 Å². The minimum absolute atomic E-state index is 0.195. The summed E-state index contributed by atoms with van der Waals surface area (Å²) in [4.78, 5) is 13.8. The van der Waals surface area contributed by atoms with Gasteiger partial charge < -0.3 is 4.90 Å². The lowest BCUT2D eigenvalue weighted by molar-refractivity contribution is 0.101. The number of Topliss-reactive ketones (excluding diaryl/α,β-unsaturated/α-hetero) is 1. The van der Waals surface area contributed by atoms with Crippen molar-refractivity contribution < 1.29 is 9.18 Å². The molecule has 0 N–H and O–H groups in total. The maximum absolute atomic E-state index is 13.8. The molecular formula is C15H20FNO. The van der Waals surface area contributed by atoms with E-state index >= 15 is 0 Å². The summed E-state index contributed by atoms with van der Waals surface area (Å²) in [6.07, 6.45) is 4.64. The Morgan fingerprint density at radius 2 is 2.11 bits per heavy atom. The van der Waals surface area contributed by atoms with Crippen LogP contribution in [0.25, 0.3) is 0 Å². The molecule has 1 atom stereocenters. The highest BCUT2D eigenvalue weighted by Gasteiger charge is 2.22. The van der Waals surface area contributed by atoms with Crippen LogP contribution in [0.1, 0.15) is 49.9 Å². The SMILES string of the molecule is CC(=O)c1c(F)cccc1N1CCCCCC1C. The van der Waals surface area contributed by atoms with Crippen molar-refractivity contribution in [3.05, 3.63) is 29.6 Å². The Bertz CT molecular complexity index is 444. The van der Waals surface area contributed by atoms with E-state index in [1.165, 1.54) is 25.8 Å². The topological polar surface area (TPSA) is 20.3 Å². The molecule has 98 valence electrons. The van der Waals surface area contributed by atoms with E-state index in [2.05, 4.69) is 11.8 Å². The molecule has 1 aromatic rings. The van der Waals surface area contributed by atoms with Crippen molar-refractivity contribution in [1.82, 2.24) is 0 Å². The second-order valence-corrected chi connectivity index (χ2v) is 5.08. The van der Waals surface area contributed by atoms with E-state index in [0.29, 0.717) is 6.04 Å². The maximum atomic E-state index is 13.8. The first-order chi connectivity index (χ1) is 8.61. The van der Waals surface area contributed by atoms with E-state index in [1.54, 1.807) is 6.07 Å². The normalized spacial score (nSPS) is 20.6. The van der Waals surface area contributed by atoms with Crippen LogP contribution in [0.5, 0.6) is 0 Å². The Kier molecular flexibility index (Phi) is 4.00. The van der Waals surface area contributed by atoms with E-state index in [1.807, 2.05) is 6.07 Å². The number of anilines is 1. The molecule has 1 saturated heterocycles. The number of benzene rings is 1.